The van der Waals surface area contributed by atoms with Gasteiger partial charge in [0.15, 0.2) is 0 Å². The van der Waals surface area contributed by atoms with Crippen LogP contribution in [0.2, 0.25) is 0 Å². The van der Waals surface area contributed by atoms with Crippen LogP contribution in [0.4, 0.5) is 34.1 Å². The smallest absolute Gasteiger partial charge is 0.356 e. The summed E-state index contributed by atoms with van der Waals surface area (Å²) in [5.41, 5.74) is 6.32. The van der Waals surface area contributed by atoms with E-state index < -0.39 is 5.09 Å². The Kier molecular flexibility index (Phi) is 9.73. The number of hydrogen-bond acceptors (Lipinski definition) is 3. The Labute approximate surface area is 256 Å². The van der Waals surface area contributed by atoms with Gasteiger partial charge in [-0.3, -0.25) is 0 Å². The summed E-state index contributed by atoms with van der Waals surface area (Å²) in [6.07, 6.45) is 0. The average molecular weight is 579 g/mol. The summed E-state index contributed by atoms with van der Waals surface area (Å²) in [6, 6.07) is 63.4. The van der Waals surface area contributed by atoms with Crippen LogP contribution in [-0.2, 0) is 0 Å². The van der Waals surface area contributed by atoms with Crippen LogP contribution >= 0.6 is 0 Å². The fourth-order valence-electron chi connectivity index (χ4n) is 4.90. The molecule has 0 aromatic heterocycles. The van der Waals surface area contributed by atoms with Gasteiger partial charge in [-0.2, -0.15) is 14.4 Å². The molecule has 0 aliphatic rings. The zero-order valence-electron chi connectivity index (χ0n) is 23.8. The fraction of sp³-hybridized carbons (Fsp3) is 0. The van der Waals surface area contributed by atoms with Crippen LogP contribution in [0, 0.1) is 15.3 Å². The van der Waals surface area contributed by atoms with Gasteiger partial charge in [-0.15, -0.1) is 0 Å². The molecular weight excluding hydrogens is 548 g/mol. The molecule has 6 aromatic carbocycles. The number of benzene rings is 6. The van der Waals surface area contributed by atoms with Crippen LogP contribution < -0.4 is 14.4 Å². The third-order valence-corrected chi connectivity index (χ3v) is 6.69. The molecular formula is C37H30N4O3. The zero-order chi connectivity index (χ0) is 30.6. The average Bonchev–Trinajstić information content (AvgIpc) is 3.08. The van der Waals surface area contributed by atoms with Gasteiger partial charge >= 0.3 is 5.96 Å². The largest absolute Gasteiger partial charge is 0.380 e. The topological polar surface area (TPSA) is 75.7 Å². The Morgan fingerprint density at radius 2 is 0.591 bits per heavy atom. The predicted molar refractivity (Wildman–Crippen MR) is 180 cm³/mol. The summed E-state index contributed by atoms with van der Waals surface area (Å²) >= 11 is 0. The van der Waals surface area contributed by atoms with Gasteiger partial charge in [-0.25, -0.2) is 0 Å². The van der Waals surface area contributed by atoms with E-state index >= 15 is 0 Å². The van der Waals surface area contributed by atoms with E-state index in [9.17, 15) is 0 Å². The van der Waals surface area contributed by atoms with Gasteiger partial charge in [-0.1, -0.05) is 109 Å². The molecule has 0 N–H and O–H groups in total. The summed E-state index contributed by atoms with van der Waals surface area (Å²) in [6.45, 7) is 0. The van der Waals surface area contributed by atoms with Gasteiger partial charge in [0.25, 0.3) is 0 Å². The Bertz CT molecular complexity index is 1560. The highest BCUT2D eigenvalue weighted by Gasteiger charge is 2.36. The number of hydrogen-bond donors (Lipinski definition) is 0. The third kappa shape index (κ3) is 7.16. The molecule has 0 unspecified atom stereocenters. The molecule has 6 aromatic rings. The van der Waals surface area contributed by atoms with Crippen molar-refractivity contribution in [3.8, 4) is 0 Å². The number of anilines is 4. The SMILES string of the molecule is O=[N+]([O-])[O-].c1ccc(N(C(N(c2ccccc2)c2ccccc2)=[N+](c2ccccc2)c2ccccc2)c2ccccc2)cc1. The summed E-state index contributed by atoms with van der Waals surface area (Å²) in [4.78, 5) is 12.9. The standard InChI is InChI=1S/C37H30N3.NO3/c1-7-19-31(20-8-1)38(32-21-9-2-10-22-32)37(39(33-23-11-3-12-24-33)34-25-13-4-14-26-34)40(35-27-15-5-16-28-35)36-29-17-6-18-30-36;2-1(3)4/h1-30H;/q+1;-1. The molecule has 0 bridgehead atoms. The van der Waals surface area contributed by atoms with Crippen molar-refractivity contribution >= 4 is 40.1 Å². The van der Waals surface area contributed by atoms with Crippen LogP contribution in [0.5, 0.6) is 0 Å². The molecule has 7 heteroatoms. The fourth-order valence-corrected chi connectivity index (χ4v) is 4.90. The lowest BCUT2D eigenvalue weighted by Crippen LogP contribution is -2.45. The van der Waals surface area contributed by atoms with Crippen molar-refractivity contribution in [2.75, 3.05) is 9.80 Å². The van der Waals surface area contributed by atoms with Crippen LogP contribution in [0.1, 0.15) is 0 Å². The Hall–Kier alpha value is -6.21. The first-order valence-corrected chi connectivity index (χ1v) is 14.0. The van der Waals surface area contributed by atoms with E-state index in [0.717, 1.165) is 40.1 Å². The molecule has 0 atom stereocenters. The first-order chi connectivity index (χ1) is 21.6. The maximum Gasteiger partial charge on any atom is 0.380 e. The second-order valence-electron chi connectivity index (χ2n) is 9.54. The van der Waals surface area contributed by atoms with E-state index in [1.807, 2.05) is 0 Å². The minimum Gasteiger partial charge on any atom is -0.356 e. The third-order valence-electron chi connectivity index (χ3n) is 6.69. The van der Waals surface area contributed by atoms with E-state index in [1.165, 1.54) is 0 Å². The summed E-state index contributed by atoms with van der Waals surface area (Å²) in [5, 5.41) is 14.8. The molecule has 0 spiro atoms. The van der Waals surface area contributed by atoms with Gasteiger partial charge in [-0.05, 0) is 72.8 Å². The molecule has 0 saturated heterocycles. The number of para-hydroxylation sites is 6. The van der Waals surface area contributed by atoms with E-state index in [0.29, 0.717) is 0 Å². The van der Waals surface area contributed by atoms with E-state index in [1.54, 1.807) is 0 Å². The maximum absolute atomic E-state index is 8.25. The van der Waals surface area contributed by atoms with Crippen molar-refractivity contribution < 1.29 is 5.09 Å². The van der Waals surface area contributed by atoms with Gasteiger partial charge in [0.2, 0.25) is 0 Å². The number of rotatable bonds is 6. The Balaban J connectivity index is 0.000000906. The molecule has 0 aliphatic carbocycles. The quantitative estimate of drug-likeness (QED) is 0.0647. The molecule has 44 heavy (non-hydrogen) atoms. The molecule has 216 valence electrons. The Morgan fingerprint density at radius 1 is 0.386 bits per heavy atom. The highest BCUT2D eigenvalue weighted by molar-refractivity contribution is 6.17. The Morgan fingerprint density at radius 3 is 0.818 bits per heavy atom. The first-order valence-electron chi connectivity index (χ1n) is 14.0. The maximum atomic E-state index is 8.25. The van der Waals surface area contributed by atoms with Crippen molar-refractivity contribution in [2.45, 2.75) is 0 Å². The first kappa shape index (κ1) is 29.3. The second kappa shape index (κ2) is 14.6. The molecule has 7 nitrogen and oxygen atoms in total. The van der Waals surface area contributed by atoms with Crippen molar-refractivity contribution in [3.05, 3.63) is 197 Å². The summed E-state index contributed by atoms with van der Waals surface area (Å²) in [7, 11) is 0. The molecule has 6 rings (SSSR count). The number of guanidine groups is 1. The lowest BCUT2D eigenvalue weighted by Gasteiger charge is -2.30. The van der Waals surface area contributed by atoms with E-state index in [-0.39, 0.29) is 0 Å². The zero-order valence-corrected chi connectivity index (χ0v) is 23.8. The van der Waals surface area contributed by atoms with Crippen LogP contribution in [0.25, 0.3) is 0 Å². The minimum absolute atomic E-state index is 0.951. The van der Waals surface area contributed by atoms with Gasteiger partial charge in [0.1, 0.15) is 34.1 Å². The monoisotopic (exact) mass is 578 g/mol. The molecule has 0 saturated carbocycles. The molecule has 0 aliphatic heterocycles. The van der Waals surface area contributed by atoms with Crippen LogP contribution in [0.15, 0.2) is 182 Å². The molecule has 0 radical (unpaired) electrons. The van der Waals surface area contributed by atoms with Crippen molar-refractivity contribution in [1.82, 2.24) is 4.58 Å². The van der Waals surface area contributed by atoms with Crippen molar-refractivity contribution in [3.63, 3.8) is 0 Å². The van der Waals surface area contributed by atoms with Crippen LogP contribution in [0.3, 0.4) is 0 Å². The lowest BCUT2D eigenvalue weighted by atomic mass is 10.2. The van der Waals surface area contributed by atoms with Gasteiger partial charge < -0.3 is 15.3 Å². The second-order valence-corrected chi connectivity index (χ2v) is 9.54. The van der Waals surface area contributed by atoms with E-state index in [2.05, 4.69) is 196 Å². The molecule has 0 fully saturated rings. The summed E-state index contributed by atoms with van der Waals surface area (Å²) < 4.78 is 2.33. The normalized spacial score (nSPS) is 10.1. The van der Waals surface area contributed by atoms with Crippen molar-refractivity contribution in [2.24, 2.45) is 0 Å². The van der Waals surface area contributed by atoms with Gasteiger partial charge in [0, 0.05) is 0 Å². The lowest BCUT2D eigenvalue weighted by molar-refractivity contribution is -0.402. The van der Waals surface area contributed by atoms with Crippen molar-refractivity contribution in [1.29, 1.82) is 0 Å². The summed E-state index contributed by atoms with van der Waals surface area (Å²) in [5.74, 6) is 0.951. The minimum atomic E-state index is -1.75. The highest BCUT2D eigenvalue weighted by Crippen LogP contribution is 2.35. The number of nitrogens with zero attached hydrogens (tertiary/aromatic N) is 4. The van der Waals surface area contributed by atoms with Crippen LogP contribution in [-0.4, -0.2) is 11.0 Å². The predicted octanol–water partition coefficient (Wildman–Crippen LogP) is 9.31. The van der Waals surface area contributed by atoms with Gasteiger partial charge in [0.05, 0.1) is 5.09 Å². The molecule has 0 heterocycles. The molecule has 0 amide bonds. The van der Waals surface area contributed by atoms with E-state index in [4.69, 9.17) is 15.3 Å². The highest BCUT2D eigenvalue weighted by atomic mass is 16.9.